The standard InChI is InChI=1S/C20H21N7O3S/c1-12-10-30-9-8-26(12)19-16-20(27(11-23-16)31(28,29)13-2-3-13)25-18(24-19)15-5-7-22-17-14(15)4-6-21-17/h4-7,11-13H,2-3,8-10H2,1H3,(H,21,22)/t12-/m1/s1. The summed E-state index contributed by atoms with van der Waals surface area (Å²) in [5.41, 5.74) is 2.31. The number of rotatable bonds is 4. The monoisotopic (exact) mass is 439 g/mol. The number of pyridine rings is 1. The van der Waals surface area contributed by atoms with E-state index in [1.807, 2.05) is 18.3 Å². The van der Waals surface area contributed by atoms with E-state index in [0.29, 0.717) is 55.4 Å². The maximum atomic E-state index is 13.1. The van der Waals surface area contributed by atoms with Gasteiger partial charge in [0, 0.05) is 29.9 Å². The van der Waals surface area contributed by atoms with Gasteiger partial charge in [-0.15, -0.1) is 0 Å². The molecule has 0 amide bonds. The van der Waals surface area contributed by atoms with Gasteiger partial charge in [0.15, 0.2) is 22.8 Å². The first-order valence-electron chi connectivity index (χ1n) is 10.3. The van der Waals surface area contributed by atoms with Crippen LogP contribution in [0.4, 0.5) is 5.82 Å². The zero-order valence-corrected chi connectivity index (χ0v) is 17.7. The summed E-state index contributed by atoms with van der Waals surface area (Å²) in [7, 11) is -3.54. The largest absolute Gasteiger partial charge is 0.377 e. The number of imidazole rings is 1. The molecule has 2 fully saturated rings. The molecule has 10 nitrogen and oxygen atoms in total. The van der Waals surface area contributed by atoms with Crippen LogP contribution < -0.4 is 4.90 Å². The quantitative estimate of drug-likeness (QED) is 0.512. The highest BCUT2D eigenvalue weighted by atomic mass is 32.2. The summed E-state index contributed by atoms with van der Waals surface area (Å²) in [6.07, 6.45) is 6.20. The van der Waals surface area contributed by atoms with Crippen LogP contribution in [0.2, 0.25) is 0 Å². The van der Waals surface area contributed by atoms with Gasteiger partial charge in [0.1, 0.15) is 12.0 Å². The highest BCUT2D eigenvalue weighted by Crippen LogP contribution is 2.35. The number of nitrogens with one attached hydrogen (secondary N) is 1. The van der Waals surface area contributed by atoms with E-state index < -0.39 is 10.0 Å². The van der Waals surface area contributed by atoms with Gasteiger partial charge in [0.05, 0.1) is 24.5 Å². The van der Waals surface area contributed by atoms with Gasteiger partial charge in [0.2, 0.25) is 10.0 Å². The minimum Gasteiger partial charge on any atom is -0.377 e. The van der Waals surface area contributed by atoms with E-state index in [2.05, 4.69) is 26.8 Å². The number of anilines is 1. The second-order valence-corrected chi connectivity index (χ2v) is 10.1. The van der Waals surface area contributed by atoms with Crippen LogP contribution in [0.5, 0.6) is 0 Å². The molecule has 0 aromatic carbocycles. The van der Waals surface area contributed by atoms with Crippen LogP contribution in [0, 0.1) is 0 Å². The Hall–Kier alpha value is -3.05. The molecule has 1 aliphatic carbocycles. The molecule has 2 aliphatic rings. The van der Waals surface area contributed by atoms with Gasteiger partial charge in [-0.1, -0.05) is 0 Å². The fourth-order valence-electron chi connectivity index (χ4n) is 4.10. The van der Waals surface area contributed by atoms with E-state index in [1.165, 1.54) is 10.3 Å². The first kappa shape index (κ1) is 18.7. The van der Waals surface area contributed by atoms with Crippen molar-refractivity contribution in [2.24, 2.45) is 0 Å². The van der Waals surface area contributed by atoms with Crippen molar-refractivity contribution in [3.63, 3.8) is 0 Å². The van der Waals surface area contributed by atoms with Gasteiger partial charge in [-0.25, -0.2) is 32.3 Å². The van der Waals surface area contributed by atoms with Crippen LogP contribution in [0.1, 0.15) is 19.8 Å². The molecule has 1 saturated carbocycles. The van der Waals surface area contributed by atoms with Crippen molar-refractivity contribution < 1.29 is 13.2 Å². The molecule has 0 radical (unpaired) electrons. The molecule has 6 rings (SSSR count). The minimum atomic E-state index is -3.54. The molecule has 1 atom stereocenters. The third-order valence-electron chi connectivity index (χ3n) is 5.91. The Morgan fingerprint density at radius 3 is 2.87 bits per heavy atom. The van der Waals surface area contributed by atoms with Gasteiger partial charge < -0.3 is 14.6 Å². The highest BCUT2D eigenvalue weighted by Gasteiger charge is 2.39. The van der Waals surface area contributed by atoms with E-state index in [-0.39, 0.29) is 11.3 Å². The third kappa shape index (κ3) is 2.91. The van der Waals surface area contributed by atoms with E-state index in [9.17, 15) is 8.42 Å². The number of aromatic amines is 1. The van der Waals surface area contributed by atoms with Gasteiger partial charge in [-0.3, -0.25) is 0 Å². The van der Waals surface area contributed by atoms with Gasteiger partial charge in [-0.2, -0.15) is 0 Å². The van der Waals surface area contributed by atoms with E-state index in [4.69, 9.17) is 14.7 Å². The average Bonchev–Trinajstić information content (AvgIpc) is 3.37. The average molecular weight is 440 g/mol. The Bertz CT molecular complexity index is 1410. The van der Waals surface area contributed by atoms with Crippen LogP contribution in [-0.4, -0.2) is 68.4 Å². The molecule has 0 bridgehead atoms. The van der Waals surface area contributed by atoms with Crippen molar-refractivity contribution in [1.82, 2.24) is 28.9 Å². The Kier molecular flexibility index (Phi) is 4.06. The zero-order chi connectivity index (χ0) is 21.2. The first-order chi connectivity index (χ1) is 15.0. The lowest BCUT2D eigenvalue weighted by molar-refractivity contribution is 0.0987. The lowest BCUT2D eigenvalue weighted by Gasteiger charge is -2.34. The molecule has 1 saturated heterocycles. The molecule has 31 heavy (non-hydrogen) atoms. The fraction of sp³-hybridized carbons (Fsp3) is 0.400. The fourth-order valence-corrected chi connectivity index (χ4v) is 5.70. The minimum absolute atomic E-state index is 0.0783. The Morgan fingerprint density at radius 1 is 1.19 bits per heavy atom. The zero-order valence-electron chi connectivity index (χ0n) is 16.9. The lowest BCUT2D eigenvalue weighted by Crippen LogP contribution is -2.44. The molecule has 1 N–H and O–H groups in total. The van der Waals surface area contributed by atoms with Gasteiger partial charge in [0.25, 0.3) is 0 Å². The van der Waals surface area contributed by atoms with Crippen molar-refractivity contribution in [2.75, 3.05) is 24.7 Å². The number of fused-ring (bicyclic) bond motifs is 2. The third-order valence-corrected chi connectivity index (χ3v) is 8.04. The number of ether oxygens (including phenoxy) is 1. The second-order valence-electron chi connectivity index (χ2n) is 8.04. The van der Waals surface area contributed by atoms with Crippen molar-refractivity contribution in [2.45, 2.75) is 31.1 Å². The molecule has 5 heterocycles. The summed E-state index contributed by atoms with van der Waals surface area (Å²) in [5, 5.41) is 0.505. The number of hydrogen-bond donors (Lipinski definition) is 1. The van der Waals surface area contributed by atoms with Crippen LogP contribution >= 0.6 is 0 Å². The van der Waals surface area contributed by atoms with E-state index in [1.54, 1.807) is 6.20 Å². The summed E-state index contributed by atoms with van der Waals surface area (Å²) in [6, 6.07) is 3.84. The summed E-state index contributed by atoms with van der Waals surface area (Å²) < 4.78 is 32.9. The smallest absolute Gasteiger partial charge is 0.244 e. The molecule has 160 valence electrons. The molecular weight excluding hydrogens is 418 g/mol. The topological polar surface area (TPSA) is 119 Å². The molecular formula is C20H21N7O3S. The molecule has 0 unspecified atom stereocenters. The lowest BCUT2D eigenvalue weighted by atomic mass is 10.1. The van der Waals surface area contributed by atoms with Crippen molar-refractivity contribution in [3.05, 3.63) is 30.9 Å². The summed E-state index contributed by atoms with van der Waals surface area (Å²) in [5.74, 6) is 1.07. The normalized spacial score (nSPS) is 20.0. The molecule has 11 heteroatoms. The van der Waals surface area contributed by atoms with Crippen LogP contribution in [-0.2, 0) is 14.8 Å². The van der Waals surface area contributed by atoms with Gasteiger partial charge >= 0.3 is 0 Å². The Labute approximate surface area is 178 Å². The molecule has 0 spiro atoms. The number of H-pyrrole nitrogens is 1. The first-order valence-corrected chi connectivity index (χ1v) is 11.8. The molecule has 4 aromatic rings. The predicted molar refractivity (Wildman–Crippen MR) is 115 cm³/mol. The van der Waals surface area contributed by atoms with E-state index >= 15 is 0 Å². The van der Waals surface area contributed by atoms with Crippen LogP contribution in [0.15, 0.2) is 30.9 Å². The number of nitrogens with zero attached hydrogens (tertiary/aromatic N) is 6. The Morgan fingerprint density at radius 2 is 2.06 bits per heavy atom. The highest BCUT2D eigenvalue weighted by molar-refractivity contribution is 7.91. The van der Waals surface area contributed by atoms with Crippen LogP contribution in [0.25, 0.3) is 33.6 Å². The van der Waals surface area contributed by atoms with Gasteiger partial charge in [-0.05, 0) is 31.9 Å². The summed E-state index contributed by atoms with van der Waals surface area (Å²) in [4.78, 5) is 23.6. The summed E-state index contributed by atoms with van der Waals surface area (Å²) >= 11 is 0. The summed E-state index contributed by atoms with van der Waals surface area (Å²) in [6.45, 7) is 3.84. The van der Waals surface area contributed by atoms with Crippen molar-refractivity contribution in [1.29, 1.82) is 0 Å². The maximum absolute atomic E-state index is 13.1. The number of hydrogen-bond acceptors (Lipinski definition) is 8. The van der Waals surface area contributed by atoms with Crippen molar-refractivity contribution in [3.8, 4) is 11.4 Å². The predicted octanol–water partition coefficient (Wildman–Crippen LogP) is 1.93. The molecule has 1 aliphatic heterocycles. The van der Waals surface area contributed by atoms with Crippen LogP contribution in [0.3, 0.4) is 0 Å². The number of morpholine rings is 1. The Balaban J connectivity index is 1.63. The SMILES string of the molecule is C[C@@H]1COCCN1c1nc(-c2ccnc3[nH]ccc23)nc2c1ncn2S(=O)(=O)C1CC1. The maximum Gasteiger partial charge on any atom is 0.244 e. The second kappa shape index (κ2) is 6.72. The van der Waals surface area contributed by atoms with E-state index in [0.717, 1.165) is 16.6 Å². The molecule has 4 aromatic heterocycles. The number of aromatic nitrogens is 6. The van der Waals surface area contributed by atoms with Crippen molar-refractivity contribution >= 4 is 38.0 Å².